The normalized spacial score (nSPS) is 11.5. The van der Waals surface area contributed by atoms with E-state index in [1.807, 2.05) is 13.8 Å². The standard InChI is InChI=1S/C23H25N5O4S/c1-4-19(21(30)25-15-10-12-16(13-11-15)32-5-2)33-23-26-22(31)20(27-28-23)17-8-6-7-9-18(17)24-14(3)29/h6-13,19H,4-5H2,1-3H3,(H,24,29)(H,25,30)(H,26,28,31). The minimum absolute atomic E-state index is 0.0792. The summed E-state index contributed by atoms with van der Waals surface area (Å²) in [6.07, 6.45) is 0.518. The highest BCUT2D eigenvalue weighted by molar-refractivity contribution is 8.00. The van der Waals surface area contributed by atoms with Gasteiger partial charge in [-0.15, -0.1) is 10.2 Å². The van der Waals surface area contributed by atoms with E-state index in [1.54, 1.807) is 48.5 Å². The fourth-order valence-corrected chi connectivity index (χ4v) is 3.86. The van der Waals surface area contributed by atoms with Crippen molar-refractivity contribution in [1.29, 1.82) is 0 Å². The van der Waals surface area contributed by atoms with Gasteiger partial charge in [0.05, 0.1) is 17.5 Å². The quantitative estimate of drug-likeness (QED) is 0.410. The largest absolute Gasteiger partial charge is 0.494 e. The SMILES string of the molecule is CCOc1ccc(NC(=O)C(CC)Sc2nnc(-c3ccccc3NC(C)=O)c(=O)[nH]2)cc1. The van der Waals surface area contributed by atoms with E-state index in [9.17, 15) is 14.4 Å². The van der Waals surface area contributed by atoms with Crippen LogP contribution in [0.25, 0.3) is 11.3 Å². The Labute approximate surface area is 195 Å². The van der Waals surface area contributed by atoms with Crippen molar-refractivity contribution in [1.82, 2.24) is 15.2 Å². The average Bonchev–Trinajstić information content (AvgIpc) is 2.79. The van der Waals surface area contributed by atoms with Crippen molar-refractivity contribution in [2.24, 2.45) is 0 Å². The van der Waals surface area contributed by atoms with Crippen molar-refractivity contribution in [2.45, 2.75) is 37.6 Å². The molecule has 0 aliphatic heterocycles. The zero-order valence-electron chi connectivity index (χ0n) is 18.5. The number of nitrogens with zero attached hydrogens (tertiary/aromatic N) is 2. The summed E-state index contributed by atoms with van der Waals surface area (Å²) in [4.78, 5) is 39.6. The highest BCUT2D eigenvalue weighted by Gasteiger charge is 2.21. The maximum absolute atomic E-state index is 12.7. The molecule has 10 heteroatoms. The first-order valence-corrected chi connectivity index (χ1v) is 11.3. The molecule has 3 aromatic rings. The summed E-state index contributed by atoms with van der Waals surface area (Å²) in [5, 5.41) is 13.4. The first-order valence-electron chi connectivity index (χ1n) is 10.5. The number of anilines is 2. The van der Waals surface area contributed by atoms with Crippen LogP contribution >= 0.6 is 11.8 Å². The van der Waals surface area contributed by atoms with Crippen LogP contribution in [0.1, 0.15) is 27.2 Å². The van der Waals surface area contributed by atoms with Gasteiger partial charge in [0.2, 0.25) is 11.8 Å². The average molecular weight is 468 g/mol. The molecule has 0 aliphatic rings. The predicted molar refractivity (Wildman–Crippen MR) is 129 cm³/mol. The predicted octanol–water partition coefficient (Wildman–Crippen LogP) is 3.70. The van der Waals surface area contributed by atoms with Crippen molar-refractivity contribution >= 4 is 35.0 Å². The molecule has 0 spiro atoms. The molecule has 1 atom stereocenters. The molecule has 172 valence electrons. The monoisotopic (exact) mass is 467 g/mol. The molecule has 0 fully saturated rings. The van der Waals surface area contributed by atoms with Crippen molar-refractivity contribution in [3.63, 3.8) is 0 Å². The molecule has 1 unspecified atom stereocenters. The fourth-order valence-electron chi connectivity index (χ4n) is 3.02. The molecule has 2 aromatic carbocycles. The number of rotatable bonds is 9. The van der Waals surface area contributed by atoms with Gasteiger partial charge in [-0.1, -0.05) is 36.9 Å². The Hall–Kier alpha value is -3.66. The first kappa shape index (κ1) is 24.0. The van der Waals surface area contributed by atoms with Gasteiger partial charge < -0.3 is 15.4 Å². The van der Waals surface area contributed by atoms with Crippen LogP contribution in [0, 0.1) is 0 Å². The number of ether oxygens (including phenoxy) is 1. The van der Waals surface area contributed by atoms with E-state index in [4.69, 9.17) is 4.74 Å². The third kappa shape index (κ3) is 6.42. The number of nitrogens with one attached hydrogen (secondary N) is 3. The number of amides is 2. The Morgan fingerprint density at radius 1 is 1.06 bits per heavy atom. The zero-order valence-corrected chi connectivity index (χ0v) is 19.4. The fraction of sp³-hybridized carbons (Fsp3) is 0.261. The lowest BCUT2D eigenvalue weighted by atomic mass is 10.1. The number of thioether (sulfide) groups is 1. The Balaban J connectivity index is 1.73. The van der Waals surface area contributed by atoms with Crippen molar-refractivity contribution in [3.05, 3.63) is 58.9 Å². The van der Waals surface area contributed by atoms with Crippen molar-refractivity contribution in [3.8, 4) is 17.0 Å². The second-order valence-corrected chi connectivity index (χ2v) is 8.19. The smallest absolute Gasteiger partial charge is 0.278 e. The molecule has 33 heavy (non-hydrogen) atoms. The maximum atomic E-state index is 12.7. The molecule has 0 bridgehead atoms. The van der Waals surface area contributed by atoms with E-state index >= 15 is 0 Å². The van der Waals surface area contributed by atoms with Crippen LogP contribution in [0.2, 0.25) is 0 Å². The van der Waals surface area contributed by atoms with Gasteiger partial charge in [-0.2, -0.15) is 0 Å². The second-order valence-electron chi connectivity index (χ2n) is 7.00. The van der Waals surface area contributed by atoms with Crippen LogP contribution in [-0.2, 0) is 9.59 Å². The van der Waals surface area contributed by atoms with E-state index in [-0.39, 0.29) is 22.7 Å². The maximum Gasteiger partial charge on any atom is 0.278 e. The van der Waals surface area contributed by atoms with Crippen LogP contribution in [-0.4, -0.2) is 38.9 Å². The van der Waals surface area contributed by atoms with Gasteiger partial charge >= 0.3 is 0 Å². The molecule has 3 rings (SSSR count). The molecule has 0 saturated carbocycles. The Morgan fingerprint density at radius 3 is 2.42 bits per heavy atom. The van der Waals surface area contributed by atoms with Crippen molar-refractivity contribution < 1.29 is 14.3 Å². The third-order valence-corrected chi connectivity index (χ3v) is 5.76. The third-order valence-electron chi connectivity index (χ3n) is 4.52. The highest BCUT2D eigenvalue weighted by Crippen LogP contribution is 2.26. The topological polar surface area (TPSA) is 126 Å². The van der Waals surface area contributed by atoms with Gasteiger partial charge in [-0.25, -0.2) is 0 Å². The summed E-state index contributed by atoms with van der Waals surface area (Å²) >= 11 is 1.12. The van der Waals surface area contributed by atoms with Crippen LogP contribution in [0.5, 0.6) is 5.75 Å². The number of H-pyrrole nitrogens is 1. The molecule has 9 nitrogen and oxygen atoms in total. The van der Waals surface area contributed by atoms with Gasteiger partial charge in [0.15, 0.2) is 10.9 Å². The van der Waals surface area contributed by atoms with Gasteiger partial charge in [-0.3, -0.25) is 19.4 Å². The highest BCUT2D eigenvalue weighted by atomic mass is 32.2. The van der Waals surface area contributed by atoms with E-state index in [0.717, 1.165) is 17.5 Å². The Bertz CT molecular complexity index is 1180. The lowest BCUT2D eigenvalue weighted by Crippen LogP contribution is -2.25. The summed E-state index contributed by atoms with van der Waals surface area (Å²) in [7, 11) is 0. The molecule has 0 radical (unpaired) electrons. The Kier molecular flexibility index (Phi) is 8.20. The lowest BCUT2D eigenvalue weighted by Gasteiger charge is -2.14. The number of hydrogen-bond donors (Lipinski definition) is 3. The second kappa shape index (κ2) is 11.3. The van der Waals surface area contributed by atoms with E-state index in [1.165, 1.54) is 6.92 Å². The molecule has 3 N–H and O–H groups in total. The number of aromatic amines is 1. The molecule has 0 aliphatic carbocycles. The van der Waals surface area contributed by atoms with Crippen LogP contribution in [0.4, 0.5) is 11.4 Å². The van der Waals surface area contributed by atoms with Gasteiger partial charge in [0.25, 0.3) is 5.56 Å². The van der Waals surface area contributed by atoms with Gasteiger partial charge in [0, 0.05) is 18.2 Å². The summed E-state index contributed by atoms with van der Waals surface area (Å²) in [6.45, 7) is 5.73. The molecule has 0 saturated heterocycles. The van der Waals surface area contributed by atoms with E-state index in [0.29, 0.717) is 30.0 Å². The molecule has 1 aromatic heterocycles. The number of benzene rings is 2. The van der Waals surface area contributed by atoms with Crippen LogP contribution < -0.4 is 20.9 Å². The number of aromatic nitrogens is 3. The molecule has 2 amide bonds. The summed E-state index contributed by atoms with van der Waals surface area (Å²) in [5.41, 5.74) is 1.18. The summed E-state index contributed by atoms with van der Waals surface area (Å²) < 4.78 is 5.41. The van der Waals surface area contributed by atoms with Crippen LogP contribution in [0.15, 0.2) is 58.5 Å². The number of hydrogen-bond acceptors (Lipinski definition) is 7. The van der Waals surface area contributed by atoms with Crippen molar-refractivity contribution in [2.75, 3.05) is 17.2 Å². The Morgan fingerprint density at radius 2 is 1.79 bits per heavy atom. The lowest BCUT2D eigenvalue weighted by molar-refractivity contribution is -0.116. The minimum Gasteiger partial charge on any atom is -0.494 e. The zero-order chi connectivity index (χ0) is 23.8. The van der Waals surface area contributed by atoms with Gasteiger partial charge in [0.1, 0.15) is 5.75 Å². The first-order chi connectivity index (χ1) is 15.9. The summed E-state index contributed by atoms with van der Waals surface area (Å²) in [6, 6.07) is 13.9. The number of para-hydroxylation sites is 1. The molecular weight excluding hydrogens is 442 g/mol. The van der Waals surface area contributed by atoms with Crippen LogP contribution in [0.3, 0.4) is 0 Å². The van der Waals surface area contributed by atoms with E-state index in [2.05, 4.69) is 25.8 Å². The van der Waals surface area contributed by atoms with E-state index < -0.39 is 10.8 Å². The van der Waals surface area contributed by atoms with Gasteiger partial charge in [-0.05, 0) is 43.7 Å². The summed E-state index contributed by atoms with van der Waals surface area (Å²) in [5.74, 6) is 0.252. The minimum atomic E-state index is -0.487. The number of carbonyl (C=O) groups is 2. The number of carbonyl (C=O) groups excluding carboxylic acids is 2. The molecule has 1 heterocycles. The molecular formula is C23H25N5O4S.